The summed E-state index contributed by atoms with van der Waals surface area (Å²) in [6.45, 7) is 12.9. The van der Waals surface area contributed by atoms with E-state index in [9.17, 15) is 0 Å². The monoisotopic (exact) mass is 523 g/mol. The number of rotatable bonds is 9. The second-order valence-corrected chi connectivity index (χ2v) is 8.53. The molecule has 2 atom stereocenters. The molecule has 0 spiro atoms. The summed E-state index contributed by atoms with van der Waals surface area (Å²) in [5.74, 6) is 1.47. The number of thiophene rings is 1. The molecule has 0 saturated carbocycles. The highest BCUT2D eigenvalue weighted by Gasteiger charge is 2.23. The van der Waals surface area contributed by atoms with Gasteiger partial charge >= 0.3 is 0 Å². The van der Waals surface area contributed by atoms with Crippen molar-refractivity contribution in [3.05, 3.63) is 22.4 Å². The van der Waals surface area contributed by atoms with Crippen LogP contribution in [0.1, 0.15) is 31.7 Å². The molecule has 1 aliphatic heterocycles. The molecular formula is C20H38IN5OS. The van der Waals surface area contributed by atoms with Crippen molar-refractivity contribution in [2.45, 2.75) is 32.9 Å². The van der Waals surface area contributed by atoms with Crippen LogP contribution in [-0.2, 0) is 4.74 Å². The molecular weight excluding hydrogens is 485 g/mol. The lowest BCUT2D eigenvalue weighted by Gasteiger charge is -2.36. The van der Waals surface area contributed by atoms with Gasteiger partial charge < -0.3 is 20.3 Å². The lowest BCUT2D eigenvalue weighted by Crippen LogP contribution is -2.48. The Morgan fingerprint density at radius 3 is 2.54 bits per heavy atom. The zero-order chi connectivity index (χ0) is 19.6. The van der Waals surface area contributed by atoms with E-state index in [0.29, 0.717) is 18.0 Å². The fraction of sp³-hybridized carbons (Fsp3) is 0.750. The predicted octanol–water partition coefficient (Wildman–Crippen LogP) is 2.88. The van der Waals surface area contributed by atoms with Gasteiger partial charge in [-0.25, -0.2) is 0 Å². The van der Waals surface area contributed by atoms with Crippen molar-refractivity contribution in [2.75, 3.05) is 60.0 Å². The van der Waals surface area contributed by atoms with Crippen molar-refractivity contribution >= 4 is 41.3 Å². The standard InChI is InChI=1S/C20H37N5OS.HI/c1-6-21-20(23-15-18(24(4)5)19-8-7-13-27-19)22-14-17(16(2)3)25-9-11-26-12-10-25;/h7-8,13,16-18H,6,9-12,14-15H2,1-5H3,(H2,21,22,23);1H. The lowest BCUT2D eigenvalue weighted by atomic mass is 10.0. The van der Waals surface area contributed by atoms with Crippen LogP contribution < -0.4 is 10.6 Å². The van der Waals surface area contributed by atoms with Crippen LogP contribution in [-0.4, -0.2) is 81.8 Å². The molecule has 2 heterocycles. The molecule has 0 amide bonds. The number of halogens is 1. The predicted molar refractivity (Wildman–Crippen MR) is 131 cm³/mol. The summed E-state index contributed by atoms with van der Waals surface area (Å²) in [6, 6.07) is 5.11. The maximum atomic E-state index is 5.51. The third-order valence-electron chi connectivity index (χ3n) is 5.02. The Morgan fingerprint density at radius 2 is 2.00 bits per heavy atom. The first-order chi connectivity index (χ1) is 13.0. The summed E-state index contributed by atoms with van der Waals surface area (Å²) < 4.78 is 5.51. The molecule has 0 aliphatic carbocycles. The average Bonchev–Trinajstić information content (AvgIpc) is 3.16. The second-order valence-electron chi connectivity index (χ2n) is 7.56. The molecule has 8 heteroatoms. The van der Waals surface area contributed by atoms with Gasteiger partial charge in [0.2, 0.25) is 0 Å². The Balaban J connectivity index is 0.00000392. The van der Waals surface area contributed by atoms with Gasteiger partial charge in [-0.15, -0.1) is 35.3 Å². The van der Waals surface area contributed by atoms with Crippen molar-refractivity contribution < 1.29 is 4.74 Å². The van der Waals surface area contributed by atoms with Gasteiger partial charge in [-0.2, -0.15) is 0 Å². The van der Waals surface area contributed by atoms with Crippen LogP contribution >= 0.6 is 35.3 Å². The zero-order valence-corrected chi connectivity index (χ0v) is 21.1. The van der Waals surface area contributed by atoms with Crippen LogP contribution in [0.25, 0.3) is 0 Å². The molecule has 0 radical (unpaired) electrons. The average molecular weight is 524 g/mol. The third-order valence-corrected chi connectivity index (χ3v) is 6.00. The Kier molecular flexibility index (Phi) is 12.6. The van der Waals surface area contributed by atoms with Crippen LogP contribution in [0, 0.1) is 5.92 Å². The fourth-order valence-electron chi connectivity index (χ4n) is 3.40. The van der Waals surface area contributed by atoms with E-state index in [1.165, 1.54) is 4.88 Å². The topological polar surface area (TPSA) is 52.1 Å². The van der Waals surface area contributed by atoms with Crippen LogP contribution in [0.3, 0.4) is 0 Å². The number of aliphatic imine (C=N–C) groups is 1. The van der Waals surface area contributed by atoms with E-state index in [1.54, 1.807) is 11.3 Å². The van der Waals surface area contributed by atoms with E-state index in [2.05, 4.69) is 72.8 Å². The lowest BCUT2D eigenvalue weighted by molar-refractivity contribution is 0.00867. The number of hydrogen-bond donors (Lipinski definition) is 2. The van der Waals surface area contributed by atoms with E-state index in [4.69, 9.17) is 9.73 Å². The van der Waals surface area contributed by atoms with Crippen molar-refractivity contribution in [1.82, 2.24) is 20.4 Å². The normalized spacial score (nSPS) is 18.0. The fourth-order valence-corrected chi connectivity index (χ4v) is 4.32. The van der Waals surface area contributed by atoms with Crippen LogP contribution in [0.15, 0.2) is 22.5 Å². The summed E-state index contributed by atoms with van der Waals surface area (Å²) in [5.41, 5.74) is 0. The zero-order valence-electron chi connectivity index (χ0n) is 18.0. The van der Waals surface area contributed by atoms with Crippen molar-refractivity contribution in [1.29, 1.82) is 0 Å². The quantitative estimate of drug-likeness (QED) is 0.296. The highest BCUT2D eigenvalue weighted by Crippen LogP contribution is 2.22. The van der Waals surface area contributed by atoms with Gasteiger partial charge in [-0.3, -0.25) is 9.89 Å². The van der Waals surface area contributed by atoms with E-state index < -0.39 is 0 Å². The van der Waals surface area contributed by atoms with Gasteiger partial charge in [-0.05, 0) is 38.4 Å². The van der Waals surface area contributed by atoms with Gasteiger partial charge in [0.05, 0.1) is 25.8 Å². The molecule has 6 nitrogen and oxygen atoms in total. The SMILES string of the molecule is CCNC(=NCC(C(C)C)N1CCOCC1)NCC(c1cccs1)N(C)C.I. The Bertz CT molecular complexity index is 547. The van der Waals surface area contributed by atoms with Gasteiger partial charge in [0, 0.05) is 37.1 Å². The molecule has 0 aromatic carbocycles. The van der Waals surface area contributed by atoms with Crippen LogP contribution in [0.2, 0.25) is 0 Å². The van der Waals surface area contributed by atoms with E-state index in [-0.39, 0.29) is 24.0 Å². The third kappa shape index (κ3) is 8.14. The summed E-state index contributed by atoms with van der Waals surface area (Å²) in [4.78, 5) is 11.1. The van der Waals surface area contributed by atoms with Crippen molar-refractivity contribution in [3.63, 3.8) is 0 Å². The number of likely N-dealkylation sites (N-methyl/N-ethyl adjacent to an activating group) is 1. The summed E-state index contributed by atoms with van der Waals surface area (Å²) >= 11 is 1.80. The van der Waals surface area contributed by atoms with Gasteiger partial charge in [0.15, 0.2) is 5.96 Å². The molecule has 162 valence electrons. The molecule has 1 saturated heterocycles. The number of morpholine rings is 1. The minimum atomic E-state index is 0. The first-order valence-electron chi connectivity index (χ1n) is 10.1. The summed E-state index contributed by atoms with van der Waals surface area (Å²) in [6.07, 6.45) is 0. The van der Waals surface area contributed by atoms with Crippen LogP contribution in [0.5, 0.6) is 0 Å². The van der Waals surface area contributed by atoms with Crippen molar-refractivity contribution in [2.24, 2.45) is 10.9 Å². The highest BCUT2D eigenvalue weighted by atomic mass is 127. The molecule has 1 aliphatic rings. The Labute approximate surface area is 192 Å². The van der Waals surface area contributed by atoms with Gasteiger partial charge in [0.1, 0.15) is 0 Å². The maximum Gasteiger partial charge on any atom is 0.191 e. The molecule has 1 aromatic heterocycles. The number of nitrogens with one attached hydrogen (secondary N) is 2. The molecule has 2 N–H and O–H groups in total. The minimum Gasteiger partial charge on any atom is -0.379 e. The second kappa shape index (κ2) is 13.7. The number of ether oxygens (including phenoxy) is 1. The number of hydrogen-bond acceptors (Lipinski definition) is 5. The molecule has 1 fully saturated rings. The van der Waals surface area contributed by atoms with Gasteiger partial charge in [0.25, 0.3) is 0 Å². The van der Waals surface area contributed by atoms with E-state index >= 15 is 0 Å². The van der Waals surface area contributed by atoms with E-state index in [0.717, 1.165) is 51.9 Å². The summed E-state index contributed by atoms with van der Waals surface area (Å²) in [5, 5.41) is 9.09. The van der Waals surface area contributed by atoms with Crippen molar-refractivity contribution in [3.8, 4) is 0 Å². The molecule has 2 rings (SSSR count). The Hall–Kier alpha value is -0.420. The highest BCUT2D eigenvalue weighted by molar-refractivity contribution is 14.0. The number of nitrogens with zero attached hydrogens (tertiary/aromatic N) is 3. The van der Waals surface area contributed by atoms with Gasteiger partial charge in [-0.1, -0.05) is 19.9 Å². The smallest absolute Gasteiger partial charge is 0.191 e. The Morgan fingerprint density at radius 1 is 1.29 bits per heavy atom. The molecule has 28 heavy (non-hydrogen) atoms. The number of guanidine groups is 1. The van der Waals surface area contributed by atoms with Crippen LogP contribution in [0.4, 0.5) is 0 Å². The first kappa shape index (κ1) is 25.6. The minimum absolute atomic E-state index is 0. The first-order valence-corrected chi connectivity index (χ1v) is 10.9. The van der Waals surface area contributed by atoms with E-state index in [1.807, 2.05) is 0 Å². The molecule has 0 bridgehead atoms. The largest absolute Gasteiger partial charge is 0.379 e. The summed E-state index contributed by atoms with van der Waals surface area (Å²) in [7, 11) is 4.26. The molecule has 2 unspecified atom stereocenters. The molecule has 1 aromatic rings. The maximum absolute atomic E-state index is 5.51.